The van der Waals surface area contributed by atoms with Gasteiger partial charge in [0, 0.05) is 31.4 Å². The molecule has 0 spiro atoms. The lowest BCUT2D eigenvalue weighted by Gasteiger charge is -2.33. The summed E-state index contributed by atoms with van der Waals surface area (Å²) in [4.78, 5) is 14.6. The summed E-state index contributed by atoms with van der Waals surface area (Å²) in [5.41, 5.74) is 2.08. The fourth-order valence-corrected chi connectivity index (χ4v) is 3.35. The molecule has 7 heteroatoms. The zero-order chi connectivity index (χ0) is 18.2. The molecule has 26 heavy (non-hydrogen) atoms. The van der Waals surface area contributed by atoms with E-state index in [2.05, 4.69) is 44.8 Å². The van der Waals surface area contributed by atoms with Crippen molar-refractivity contribution in [1.82, 2.24) is 25.0 Å². The third-order valence-electron chi connectivity index (χ3n) is 4.86. The van der Waals surface area contributed by atoms with Gasteiger partial charge in [-0.3, -0.25) is 4.90 Å². The standard InChI is InChI=1S/C19H28N6O/c1-16-6-2-3-11-25(16)13-17-7-4-8-18(12-17)23-19(26)20-9-5-10-24-14-21-22-15-24/h4,7-8,12,14-16H,2-3,5-6,9-11,13H2,1H3,(H2,20,23,26)/t16-/m0/s1. The van der Waals surface area contributed by atoms with Crippen molar-refractivity contribution in [2.45, 2.75) is 51.7 Å². The molecule has 1 saturated heterocycles. The van der Waals surface area contributed by atoms with Crippen LogP contribution in [0, 0.1) is 0 Å². The molecular formula is C19H28N6O. The summed E-state index contributed by atoms with van der Waals surface area (Å²) in [6.45, 7) is 5.79. The fourth-order valence-electron chi connectivity index (χ4n) is 3.35. The van der Waals surface area contributed by atoms with Gasteiger partial charge in [-0.05, 0) is 50.4 Å². The van der Waals surface area contributed by atoms with Crippen molar-refractivity contribution in [3.63, 3.8) is 0 Å². The minimum atomic E-state index is -0.169. The molecule has 0 saturated carbocycles. The Bertz CT molecular complexity index is 687. The number of benzene rings is 1. The number of aryl methyl sites for hydroxylation is 1. The maximum Gasteiger partial charge on any atom is 0.319 e. The van der Waals surface area contributed by atoms with E-state index < -0.39 is 0 Å². The number of aromatic nitrogens is 3. The fraction of sp³-hybridized carbons (Fsp3) is 0.526. The quantitative estimate of drug-likeness (QED) is 0.748. The first kappa shape index (κ1) is 18.4. The topological polar surface area (TPSA) is 75.1 Å². The normalized spacial score (nSPS) is 17.8. The van der Waals surface area contributed by atoms with E-state index in [4.69, 9.17) is 0 Å². The van der Waals surface area contributed by atoms with Gasteiger partial charge in [-0.25, -0.2) is 4.79 Å². The molecule has 2 N–H and O–H groups in total. The van der Waals surface area contributed by atoms with E-state index in [9.17, 15) is 4.79 Å². The van der Waals surface area contributed by atoms with Crippen molar-refractivity contribution >= 4 is 11.7 Å². The van der Waals surface area contributed by atoms with Crippen LogP contribution in [0.2, 0.25) is 0 Å². The number of hydrogen-bond donors (Lipinski definition) is 2. The Balaban J connectivity index is 1.43. The second kappa shape index (κ2) is 9.33. The Morgan fingerprint density at radius 3 is 2.92 bits per heavy atom. The number of urea groups is 1. The molecule has 1 aromatic heterocycles. The summed E-state index contributed by atoms with van der Waals surface area (Å²) >= 11 is 0. The van der Waals surface area contributed by atoms with E-state index in [1.54, 1.807) is 12.7 Å². The van der Waals surface area contributed by atoms with Crippen molar-refractivity contribution in [3.05, 3.63) is 42.5 Å². The Morgan fingerprint density at radius 2 is 2.12 bits per heavy atom. The highest BCUT2D eigenvalue weighted by Crippen LogP contribution is 2.20. The minimum Gasteiger partial charge on any atom is -0.338 e. The minimum absolute atomic E-state index is 0.169. The number of hydrogen-bond acceptors (Lipinski definition) is 4. The number of carbonyl (C=O) groups is 1. The maximum atomic E-state index is 12.1. The first-order chi connectivity index (χ1) is 12.7. The first-order valence-corrected chi connectivity index (χ1v) is 9.41. The molecule has 2 aromatic rings. The van der Waals surface area contributed by atoms with Crippen LogP contribution in [-0.2, 0) is 13.1 Å². The van der Waals surface area contributed by atoms with Crippen LogP contribution in [0.25, 0.3) is 0 Å². The van der Waals surface area contributed by atoms with Gasteiger partial charge in [0.2, 0.25) is 0 Å². The van der Waals surface area contributed by atoms with E-state index in [0.717, 1.165) is 31.7 Å². The molecule has 1 aliphatic heterocycles. The second-order valence-corrected chi connectivity index (χ2v) is 6.95. The zero-order valence-electron chi connectivity index (χ0n) is 15.4. The molecule has 1 aliphatic rings. The molecule has 0 radical (unpaired) electrons. The van der Waals surface area contributed by atoms with E-state index in [0.29, 0.717) is 12.6 Å². The zero-order valence-corrected chi connectivity index (χ0v) is 15.4. The number of nitrogens with one attached hydrogen (secondary N) is 2. The summed E-state index contributed by atoms with van der Waals surface area (Å²) in [5.74, 6) is 0. The highest BCUT2D eigenvalue weighted by atomic mass is 16.2. The summed E-state index contributed by atoms with van der Waals surface area (Å²) in [6, 6.07) is 8.60. The molecule has 0 aliphatic carbocycles. The monoisotopic (exact) mass is 356 g/mol. The molecule has 7 nitrogen and oxygen atoms in total. The number of anilines is 1. The van der Waals surface area contributed by atoms with E-state index in [1.807, 2.05) is 16.7 Å². The average molecular weight is 356 g/mol. The van der Waals surface area contributed by atoms with Gasteiger partial charge >= 0.3 is 6.03 Å². The van der Waals surface area contributed by atoms with E-state index in [-0.39, 0.29) is 6.03 Å². The molecule has 2 heterocycles. The van der Waals surface area contributed by atoms with E-state index in [1.165, 1.54) is 24.8 Å². The summed E-state index contributed by atoms with van der Waals surface area (Å²) in [6.07, 6.45) is 8.06. The lowest BCUT2D eigenvalue weighted by Crippen LogP contribution is -2.36. The lowest BCUT2D eigenvalue weighted by atomic mass is 10.0. The first-order valence-electron chi connectivity index (χ1n) is 9.41. The molecule has 3 rings (SSSR count). The van der Waals surface area contributed by atoms with Crippen LogP contribution in [0.3, 0.4) is 0 Å². The number of likely N-dealkylation sites (tertiary alicyclic amines) is 1. The molecule has 140 valence electrons. The summed E-state index contributed by atoms with van der Waals surface area (Å²) < 4.78 is 1.89. The Hall–Kier alpha value is -2.41. The Labute approximate surface area is 154 Å². The van der Waals surface area contributed by atoms with Crippen molar-refractivity contribution < 1.29 is 4.79 Å². The molecule has 1 atom stereocenters. The van der Waals surface area contributed by atoms with Crippen LogP contribution in [-0.4, -0.2) is 44.8 Å². The van der Waals surface area contributed by atoms with Crippen LogP contribution < -0.4 is 10.6 Å². The Morgan fingerprint density at radius 1 is 1.27 bits per heavy atom. The molecule has 1 fully saturated rings. The van der Waals surface area contributed by atoms with Crippen LogP contribution in [0.4, 0.5) is 10.5 Å². The number of carbonyl (C=O) groups excluding carboxylic acids is 1. The lowest BCUT2D eigenvalue weighted by molar-refractivity contribution is 0.152. The predicted octanol–water partition coefficient (Wildman–Crippen LogP) is 2.86. The van der Waals surface area contributed by atoms with Crippen molar-refractivity contribution in [2.24, 2.45) is 0 Å². The largest absolute Gasteiger partial charge is 0.338 e. The van der Waals surface area contributed by atoms with Crippen molar-refractivity contribution in [2.75, 3.05) is 18.4 Å². The highest BCUT2D eigenvalue weighted by molar-refractivity contribution is 5.89. The number of rotatable bonds is 7. The molecule has 0 bridgehead atoms. The van der Waals surface area contributed by atoms with Gasteiger partial charge in [0.05, 0.1) is 0 Å². The molecule has 1 aromatic carbocycles. The Kier molecular flexibility index (Phi) is 6.60. The van der Waals surface area contributed by atoms with Crippen LogP contribution in [0.5, 0.6) is 0 Å². The van der Waals surface area contributed by atoms with Crippen LogP contribution >= 0.6 is 0 Å². The van der Waals surface area contributed by atoms with E-state index >= 15 is 0 Å². The maximum absolute atomic E-state index is 12.1. The second-order valence-electron chi connectivity index (χ2n) is 6.95. The van der Waals surface area contributed by atoms with Gasteiger partial charge in [0.25, 0.3) is 0 Å². The predicted molar refractivity (Wildman–Crippen MR) is 102 cm³/mol. The SMILES string of the molecule is C[C@H]1CCCCN1Cc1cccc(NC(=O)NCCCn2cnnc2)c1. The van der Waals surface area contributed by atoms with Gasteiger partial charge in [-0.2, -0.15) is 0 Å². The van der Waals surface area contributed by atoms with Crippen LogP contribution in [0.1, 0.15) is 38.2 Å². The molecular weight excluding hydrogens is 328 g/mol. The average Bonchev–Trinajstić information content (AvgIpc) is 3.15. The third kappa shape index (κ3) is 5.56. The summed E-state index contributed by atoms with van der Waals surface area (Å²) in [7, 11) is 0. The molecule has 2 amide bonds. The smallest absolute Gasteiger partial charge is 0.319 e. The number of nitrogens with zero attached hydrogens (tertiary/aromatic N) is 4. The number of piperidine rings is 1. The van der Waals surface area contributed by atoms with Gasteiger partial charge in [0.15, 0.2) is 0 Å². The van der Waals surface area contributed by atoms with Crippen molar-refractivity contribution in [3.8, 4) is 0 Å². The summed E-state index contributed by atoms with van der Waals surface area (Å²) in [5, 5.41) is 13.3. The van der Waals surface area contributed by atoms with Crippen molar-refractivity contribution in [1.29, 1.82) is 0 Å². The number of amides is 2. The van der Waals surface area contributed by atoms with Gasteiger partial charge in [0.1, 0.15) is 12.7 Å². The van der Waals surface area contributed by atoms with Gasteiger partial charge in [-0.1, -0.05) is 18.6 Å². The van der Waals surface area contributed by atoms with Gasteiger partial charge < -0.3 is 15.2 Å². The highest BCUT2D eigenvalue weighted by Gasteiger charge is 2.18. The molecule has 0 unspecified atom stereocenters. The third-order valence-corrected chi connectivity index (χ3v) is 4.86. The van der Waals surface area contributed by atoms with Gasteiger partial charge in [-0.15, -0.1) is 10.2 Å². The van der Waals surface area contributed by atoms with Crippen LogP contribution in [0.15, 0.2) is 36.9 Å².